The fraction of sp³-hybridized carbons (Fsp3) is 0.588. The van der Waals surface area contributed by atoms with Gasteiger partial charge >= 0.3 is 0 Å². The summed E-state index contributed by atoms with van der Waals surface area (Å²) in [5, 5.41) is 9.67. The molecule has 1 fully saturated rings. The van der Waals surface area contributed by atoms with E-state index < -0.39 is 0 Å². The molecule has 2 rings (SSSR count). The van der Waals surface area contributed by atoms with Gasteiger partial charge in [-0.1, -0.05) is 6.07 Å². The molecule has 0 radical (unpaired) electrons. The Hall–Kier alpha value is -1.55. The Kier molecular flexibility index (Phi) is 5.23. The van der Waals surface area contributed by atoms with Crippen LogP contribution < -0.4 is 4.74 Å². The molecule has 4 nitrogen and oxygen atoms in total. The van der Waals surface area contributed by atoms with Crippen molar-refractivity contribution in [3.05, 3.63) is 29.3 Å². The maximum Gasteiger partial charge on any atom is 0.260 e. The third kappa shape index (κ3) is 4.21. The third-order valence-electron chi connectivity index (χ3n) is 4.33. The molecule has 1 aliphatic heterocycles. The van der Waals surface area contributed by atoms with Gasteiger partial charge in [-0.3, -0.25) is 4.79 Å². The molecule has 1 N–H and O–H groups in total. The molecule has 21 heavy (non-hydrogen) atoms. The fourth-order valence-electron chi connectivity index (χ4n) is 2.67. The predicted molar refractivity (Wildman–Crippen MR) is 82.4 cm³/mol. The SMILES string of the molecule is Cc1ccc(OCC(=O)N2CCCC(C(C)O)C2)cc1C. The Morgan fingerprint density at radius 2 is 2.19 bits per heavy atom. The van der Waals surface area contributed by atoms with Crippen LogP contribution in [0.3, 0.4) is 0 Å². The summed E-state index contributed by atoms with van der Waals surface area (Å²) >= 11 is 0. The molecule has 1 aromatic rings. The molecular weight excluding hydrogens is 266 g/mol. The lowest BCUT2D eigenvalue weighted by Crippen LogP contribution is -2.44. The maximum absolute atomic E-state index is 12.2. The topological polar surface area (TPSA) is 49.8 Å². The molecule has 1 saturated heterocycles. The number of hydrogen-bond donors (Lipinski definition) is 1. The lowest BCUT2D eigenvalue weighted by Gasteiger charge is -2.34. The molecule has 0 aromatic heterocycles. The number of ether oxygens (including phenoxy) is 1. The molecule has 4 heteroatoms. The summed E-state index contributed by atoms with van der Waals surface area (Å²) in [5.74, 6) is 0.915. The van der Waals surface area contributed by atoms with Crippen molar-refractivity contribution in [3.8, 4) is 5.75 Å². The van der Waals surface area contributed by atoms with E-state index in [0.717, 1.165) is 30.7 Å². The van der Waals surface area contributed by atoms with Crippen LogP contribution in [-0.4, -0.2) is 41.7 Å². The number of likely N-dealkylation sites (tertiary alicyclic amines) is 1. The van der Waals surface area contributed by atoms with E-state index in [0.29, 0.717) is 6.54 Å². The van der Waals surface area contributed by atoms with Gasteiger partial charge in [0.2, 0.25) is 0 Å². The molecule has 0 bridgehead atoms. The van der Waals surface area contributed by atoms with Crippen molar-refractivity contribution in [3.63, 3.8) is 0 Å². The highest BCUT2D eigenvalue weighted by Crippen LogP contribution is 2.20. The molecule has 0 saturated carbocycles. The number of carbonyl (C=O) groups is 1. The van der Waals surface area contributed by atoms with E-state index in [1.807, 2.05) is 36.9 Å². The number of hydrogen-bond acceptors (Lipinski definition) is 3. The Morgan fingerprint density at radius 1 is 1.43 bits per heavy atom. The normalized spacial score (nSPS) is 20.2. The largest absolute Gasteiger partial charge is 0.484 e. The van der Waals surface area contributed by atoms with Gasteiger partial charge < -0.3 is 14.7 Å². The van der Waals surface area contributed by atoms with Crippen molar-refractivity contribution in [2.24, 2.45) is 5.92 Å². The molecule has 0 spiro atoms. The van der Waals surface area contributed by atoms with E-state index in [4.69, 9.17) is 4.74 Å². The first-order chi connectivity index (χ1) is 9.97. The number of amides is 1. The zero-order chi connectivity index (χ0) is 15.4. The zero-order valence-corrected chi connectivity index (χ0v) is 13.1. The van der Waals surface area contributed by atoms with Crippen LogP contribution in [0.4, 0.5) is 0 Å². The van der Waals surface area contributed by atoms with E-state index in [2.05, 4.69) is 0 Å². The number of aliphatic hydroxyl groups is 1. The summed E-state index contributed by atoms with van der Waals surface area (Å²) in [6.45, 7) is 7.33. The molecule has 1 heterocycles. The molecule has 116 valence electrons. The van der Waals surface area contributed by atoms with Gasteiger partial charge in [0.15, 0.2) is 6.61 Å². The molecular formula is C17H25NO3. The molecule has 1 amide bonds. The number of carbonyl (C=O) groups excluding carboxylic acids is 1. The first-order valence-corrected chi connectivity index (χ1v) is 7.63. The summed E-state index contributed by atoms with van der Waals surface area (Å²) in [5.41, 5.74) is 2.37. The highest BCUT2D eigenvalue weighted by atomic mass is 16.5. The van der Waals surface area contributed by atoms with Gasteiger partial charge in [-0.05, 0) is 56.9 Å². The summed E-state index contributed by atoms with van der Waals surface area (Å²) in [4.78, 5) is 14.0. The average molecular weight is 291 g/mol. The smallest absolute Gasteiger partial charge is 0.260 e. The van der Waals surface area contributed by atoms with Crippen molar-refractivity contribution in [1.82, 2.24) is 4.90 Å². The highest BCUT2D eigenvalue weighted by molar-refractivity contribution is 5.77. The second-order valence-corrected chi connectivity index (χ2v) is 6.02. The standard InChI is InChI=1S/C17H25NO3/c1-12-6-7-16(9-13(12)2)21-11-17(20)18-8-4-5-15(10-18)14(3)19/h6-7,9,14-15,19H,4-5,8,10-11H2,1-3H3. The lowest BCUT2D eigenvalue weighted by atomic mass is 9.93. The number of rotatable bonds is 4. The third-order valence-corrected chi connectivity index (χ3v) is 4.33. The minimum Gasteiger partial charge on any atom is -0.484 e. The predicted octanol–water partition coefficient (Wildman–Crippen LogP) is 2.30. The first kappa shape index (κ1) is 15.8. The van der Waals surface area contributed by atoms with Gasteiger partial charge in [0, 0.05) is 19.0 Å². The van der Waals surface area contributed by atoms with Crippen LogP contribution in [-0.2, 0) is 4.79 Å². The van der Waals surface area contributed by atoms with Crippen LogP contribution in [0.15, 0.2) is 18.2 Å². The molecule has 1 aromatic carbocycles. The van der Waals surface area contributed by atoms with E-state index in [9.17, 15) is 9.90 Å². The molecule has 1 aliphatic rings. The second-order valence-electron chi connectivity index (χ2n) is 6.02. The molecule has 0 aliphatic carbocycles. The van der Waals surface area contributed by atoms with Crippen LogP contribution >= 0.6 is 0 Å². The van der Waals surface area contributed by atoms with Crippen molar-refractivity contribution in [2.75, 3.05) is 19.7 Å². The Balaban J connectivity index is 1.87. The van der Waals surface area contributed by atoms with Gasteiger partial charge in [0.25, 0.3) is 5.91 Å². The van der Waals surface area contributed by atoms with E-state index in [1.165, 1.54) is 5.56 Å². The molecule has 2 atom stereocenters. The number of aliphatic hydroxyl groups excluding tert-OH is 1. The Morgan fingerprint density at radius 3 is 2.86 bits per heavy atom. The van der Waals surface area contributed by atoms with Crippen molar-refractivity contribution in [1.29, 1.82) is 0 Å². The second kappa shape index (κ2) is 6.94. The van der Waals surface area contributed by atoms with Gasteiger partial charge in [0.1, 0.15) is 5.75 Å². The minimum atomic E-state index is -0.360. The van der Waals surface area contributed by atoms with Gasteiger partial charge in [-0.25, -0.2) is 0 Å². The van der Waals surface area contributed by atoms with E-state index in [1.54, 1.807) is 6.92 Å². The lowest BCUT2D eigenvalue weighted by molar-refractivity contribution is -0.136. The molecule has 2 unspecified atom stereocenters. The van der Waals surface area contributed by atoms with Gasteiger partial charge in [-0.15, -0.1) is 0 Å². The number of aryl methyl sites for hydroxylation is 2. The van der Waals surface area contributed by atoms with E-state index >= 15 is 0 Å². The maximum atomic E-state index is 12.2. The van der Waals surface area contributed by atoms with Crippen molar-refractivity contribution < 1.29 is 14.6 Å². The number of piperidine rings is 1. The Labute approximate surface area is 126 Å². The average Bonchev–Trinajstić information content (AvgIpc) is 2.48. The monoisotopic (exact) mass is 291 g/mol. The van der Waals surface area contributed by atoms with Crippen LogP contribution in [0, 0.1) is 19.8 Å². The number of nitrogens with zero attached hydrogens (tertiary/aromatic N) is 1. The fourth-order valence-corrected chi connectivity index (χ4v) is 2.67. The number of benzene rings is 1. The van der Waals surface area contributed by atoms with Crippen LogP contribution in [0.5, 0.6) is 5.75 Å². The summed E-state index contributed by atoms with van der Waals surface area (Å²) in [6.07, 6.45) is 1.57. The van der Waals surface area contributed by atoms with Gasteiger partial charge in [0.05, 0.1) is 6.10 Å². The van der Waals surface area contributed by atoms with Crippen LogP contribution in [0.1, 0.15) is 30.9 Å². The first-order valence-electron chi connectivity index (χ1n) is 7.63. The summed E-state index contributed by atoms with van der Waals surface area (Å²) in [6, 6.07) is 5.85. The zero-order valence-electron chi connectivity index (χ0n) is 13.1. The highest BCUT2D eigenvalue weighted by Gasteiger charge is 2.26. The Bertz CT molecular complexity index is 499. The van der Waals surface area contributed by atoms with Crippen LogP contribution in [0.25, 0.3) is 0 Å². The summed E-state index contributed by atoms with van der Waals surface area (Å²) in [7, 11) is 0. The summed E-state index contributed by atoms with van der Waals surface area (Å²) < 4.78 is 5.60. The quantitative estimate of drug-likeness (QED) is 0.926. The van der Waals surface area contributed by atoms with Gasteiger partial charge in [-0.2, -0.15) is 0 Å². The van der Waals surface area contributed by atoms with Crippen molar-refractivity contribution in [2.45, 2.75) is 39.7 Å². The van der Waals surface area contributed by atoms with E-state index in [-0.39, 0.29) is 24.5 Å². The van der Waals surface area contributed by atoms with Crippen LogP contribution in [0.2, 0.25) is 0 Å². The minimum absolute atomic E-state index is 0.00132. The van der Waals surface area contributed by atoms with Crippen molar-refractivity contribution >= 4 is 5.91 Å².